The topological polar surface area (TPSA) is 75.8 Å². The molecular formula is C15H28N2O3. The molecular weight excluding hydrogens is 256 g/mol. The molecule has 3 atom stereocenters. The average molecular weight is 284 g/mol. The van der Waals surface area contributed by atoms with Gasteiger partial charge in [-0.3, -0.25) is 4.79 Å². The zero-order valence-corrected chi connectivity index (χ0v) is 12.5. The zero-order chi connectivity index (χ0) is 14.5. The van der Waals surface area contributed by atoms with Gasteiger partial charge in [-0.15, -0.1) is 0 Å². The minimum absolute atomic E-state index is 0.0661. The summed E-state index contributed by atoms with van der Waals surface area (Å²) in [4.78, 5) is 14.6. The lowest BCUT2D eigenvalue weighted by atomic mass is 9.76. The summed E-state index contributed by atoms with van der Waals surface area (Å²) in [5.41, 5.74) is 6.10. The van der Waals surface area contributed by atoms with Gasteiger partial charge in [0.15, 0.2) is 0 Å². The highest BCUT2D eigenvalue weighted by atomic mass is 16.5. The number of hydrogen-bond donors (Lipinski definition) is 2. The Bertz CT molecular complexity index is 316. The summed E-state index contributed by atoms with van der Waals surface area (Å²) >= 11 is 0. The van der Waals surface area contributed by atoms with Gasteiger partial charge in [0, 0.05) is 25.0 Å². The summed E-state index contributed by atoms with van der Waals surface area (Å²) in [6, 6.07) is 0.170. The molecule has 0 aromatic rings. The van der Waals surface area contributed by atoms with Gasteiger partial charge in [-0.25, -0.2) is 0 Å². The normalized spacial score (nSPS) is 32.4. The van der Waals surface area contributed by atoms with Crippen molar-refractivity contribution in [2.24, 2.45) is 17.6 Å². The Hall–Kier alpha value is -0.650. The van der Waals surface area contributed by atoms with Crippen LogP contribution in [-0.4, -0.2) is 54.4 Å². The quantitative estimate of drug-likeness (QED) is 0.799. The van der Waals surface area contributed by atoms with E-state index in [1.165, 1.54) is 0 Å². The Kier molecular flexibility index (Phi) is 5.81. The Labute approximate surface area is 121 Å². The molecule has 5 nitrogen and oxygen atoms in total. The van der Waals surface area contributed by atoms with E-state index in [0.29, 0.717) is 12.5 Å². The molecule has 0 aromatic heterocycles. The lowest BCUT2D eigenvalue weighted by molar-refractivity contribution is -0.141. The fraction of sp³-hybridized carbons (Fsp3) is 0.933. The number of nitrogens with two attached hydrogens (primary N) is 1. The van der Waals surface area contributed by atoms with Gasteiger partial charge in [-0.1, -0.05) is 13.3 Å². The first-order valence-electron chi connectivity index (χ1n) is 7.90. The summed E-state index contributed by atoms with van der Waals surface area (Å²) < 4.78 is 5.54. The van der Waals surface area contributed by atoms with Gasteiger partial charge in [0.25, 0.3) is 0 Å². The van der Waals surface area contributed by atoms with Crippen LogP contribution in [0.2, 0.25) is 0 Å². The van der Waals surface area contributed by atoms with Crippen molar-refractivity contribution in [2.45, 2.75) is 51.2 Å². The van der Waals surface area contributed by atoms with Crippen molar-refractivity contribution in [3.63, 3.8) is 0 Å². The van der Waals surface area contributed by atoms with Crippen LogP contribution in [0.4, 0.5) is 0 Å². The molecule has 3 unspecified atom stereocenters. The van der Waals surface area contributed by atoms with Crippen molar-refractivity contribution in [2.75, 3.05) is 26.3 Å². The van der Waals surface area contributed by atoms with Crippen LogP contribution in [0.5, 0.6) is 0 Å². The third kappa shape index (κ3) is 3.71. The molecule has 2 fully saturated rings. The van der Waals surface area contributed by atoms with Crippen molar-refractivity contribution in [1.29, 1.82) is 0 Å². The van der Waals surface area contributed by atoms with Gasteiger partial charge < -0.3 is 20.5 Å². The van der Waals surface area contributed by atoms with Gasteiger partial charge in [0.2, 0.25) is 5.91 Å². The molecule has 2 aliphatic rings. The third-order valence-electron chi connectivity index (χ3n) is 4.88. The second-order valence-corrected chi connectivity index (χ2v) is 6.18. The number of carbonyl (C=O) groups is 1. The van der Waals surface area contributed by atoms with Gasteiger partial charge in [-0.05, 0) is 31.6 Å². The van der Waals surface area contributed by atoms with E-state index in [2.05, 4.69) is 6.92 Å². The molecule has 3 N–H and O–H groups in total. The van der Waals surface area contributed by atoms with Gasteiger partial charge in [0.1, 0.15) is 0 Å². The smallest absolute Gasteiger partial charge is 0.226 e. The maximum atomic E-state index is 12.6. The molecule has 1 heterocycles. The first-order chi connectivity index (χ1) is 9.63. The Morgan fingerprint density at radius 3 is 2.65 bits per heavy atom. The maximum Gasteiger partial charge on any atom is 0.226 e. The lowest BCUT2D eigenvalue weighted by Gasteiger charge is -2.39. The molecule has 5 heteroatoms. The van der Waals surface area contributed by atoms with Crippen molar-refractivity contribution in [3.8, 4) is 0 Å². The third-order valence-corrected chi connectivity index (χ3v) is 4.88. The van der Waals surface area contributed by atoms with E-state index in [9.17, 15) is 4.79 Å². The summed E-state index contributed by atoms with van der Waals surface area (Å²) in [6.07, 6.45) is 5.03. The standard InChI is InChI=1S/C15H28N2O3/c1-11-13(3-2-4-14(11)16)15(19)17-7-5-12(6-8-17)20-10-9-18/h11-14,18H,2-10,16H2,1H3. The summed E-state index contributed by atoms with van der Waals surface area (Å²) in [7, 11) is 0. The van der Waals surface area contributed by atoms with E-state index in [0.717, 1.165) is 45.2 Å². The number of carbonyl (C=O) groups excluding carboxylic acids is 1. The Balaban J connectivity index is 1.82. The zero-order valence-electron chi connectivity index (χ0n) is 12.5. The van der Waals surface area contributed by atoms with E-state index in [1.54, 1.807) is 0 Å². The van der Waals surface area contributed by atoms with Crippen molar-refractivity contribution < 1.29 is 14.6 Å². The van der Waals surface area contributed by atoms with Crippen molar-refractivity contribution in [3.05, 3.63) is 0 Å². The summed E-state index contributed by atoms with van der Waals surface area (Å²) in [6.45, 7) is 4.12. The predicted molar refractivity (Wildman–Crippen MR) is 77.1 cm³/mol. The molecule has 1 saturated heterocycles. The van der Waals surface area contributed by atoms with Gasteiger partial charge in [0.05, 0.1) is 19.3 Å². The first kappa shape index (κ1) is 15.7. The number of piperidine rings is 1. The summed E-state index contributed by atoms with van der Waals surface area (Å²) in [5, 5.41) is 8.76. The van der Waals surface area contributed by atoms with Crippen LogP contribution in [-0.2, 0) is 9.53 Å². The van der Waals surface area contributed by atoms with Crippen LogP contribution < -0.4 is 5.73 Å². The van der Waals surface area contributed by atoms with Crippen LogP contribution in [0.1, 0.15) is 39.0 Å². The summed E-state index contributed by atoms with van der Waals surface area (Å²) in [5.74, 6) is 0.682. The van der Waals surface area contributed by atoms with Crippen LogP contribution in [0, 0.1) is 11.8 Å². The Morgan fingerprint density at radius 1 is 1.30 bits per heavy atom. The van der Waals surface area contributed by atoms with E-state index < -0.39 is 0 Å². The van der Waals surface area contributed by atoms with E-state index in [1.807, 2.05) is 4.90 Å². The minimum Gasteiger partial charge on any atom is -0.394 e. The molecule has 1 saturated carbocycles. The fourth-order valence-corrected chi connectivity index (χ4v) is 3.44. The van der Waals surface area contributed by atoms with E-state index in [-0.39, 0.29) is 30.6 Å². The van der Waals surface area contributed by atoms with Crippen LogP contribution in [0.15, 0.2) is 0 Å². The molecule has 1 aliphatic carbocycles. The average Bonchev–Trinajstić information content (AvgIpc) is 2.48. The molecule has 0 aromatic carbocycles. The monoisotopic (exact) mass is 284 g/mol. The molecule has 0 spiro atoms. The highest BCUT2D eigenvalue weighted by molar-refractivity contribution is 5.79. The van der Waals surface area contributed by atoms with Crippen LogP contribution in [0.25, 0.3) is 0 Å². The first-order valence-corrected chi connectivity index (χ1v) is 7.90. The number of hydrogen-bond acceptors (Lipinski definition) is 4. The maximum absolute atomic E-state index is 12.6. The molecule has 0 radical (unpaired) electrons. The molecule has 1 amide bonds. The van der Waals surface area contributed by atoms with Crippen LogP contribution >= 0.6 is 0 Å². The number of rotatable bonds is 4. The number of aliphatic hydroxyl groups excluding tert-OH is 1. The fourth-order valence-electron chi connectivity index (χ4n) is 3.44. The van der Waals surface area contributed by atoms with Crippen molar-refractivity contribution >= 4 is 5.91 Å². The van der Waals surface area contributed by atoms with E-state index in [4.69, 9.17) is 15.6 Å². The highest BCUT2D eigenvalue weighted by Crippen LogP contribution is 2.31. The van der Waals surface area contributed by atoms with Crippen LogP contribution in [0.3, 0.4) is 0 Å². The number of amides is 1. The molecule has 1 aliphatic heterocycles. The molecule has 116 valence electrons. The highest BCUT2D eigenvalue weighted by Gasteiger charge is 2.36. The van der Waals surface area contributed by atoms with E-state index >= 15 is 0 Å². The minimum atomic E-state index is 0.0661. The largest absolute Gasteiger partial charge is 0.394 e. The number of aliphatic hydroxyl groups is 1. The SMILES string of the molecule is CC1C(N)CCCC1C(=O)N1CCC(OCCO)CC1. The second kappa shape index (κ2) is 7.38. The Morgan fingerprint density at radius 2 is 2.00 bits per heavy atom. The second-order valence-electron chi connectivity index (χ2n) is 6.18. The number of nitrogens with zero attached hydrogens (tertiary/aromatic N) is 1. The van der Waals surface area contributed by atoms with Crippen molar-refractivity contribution in [1.82, 2.24) is 4.90 Å². The predicted octanol–water partition coefficient (Wildman–Crippen LogP) is 0.750. The number of ether oxygens (including phenoxy) is 1. The lowest BCUT2D eigenvalue weighted by Crippen LogP contribution is -2.49. The van der Waals surface area contributed by atoms with Gasteiger partial charge in [-0.2, -0.15) is 0 Å². The number of likely N-dealkylation sites (tertiary alicyclic amines) is 1. The molecule has 0 bridgehead atoms. The molecule has 2 rings (SSSR count). The molecule has 20 heavy (non-hydrogen) atoms. The van der Waals surface area contributed by atoms with Gasteiger partial charge >= 0.3 is 0 Å².